The van der Waals surface area contributed by atoms with E-state index in [1.807, 2.05) is 45.9 Å². The zero-order valence-electron chi connectivity index (χ0n) is 16.8. The maximum atomic E-state index is 12.6. The lowest BCUT2D eigenvalue weighted by atomic mass is 9.87. The van der Waals surface area contributed by atoms with Crippen LogP contribution in [0.4, 0.5) is 5.69 Å². The van der Waals surface area contributed by atoms with Crippen molar-refractivity contribution in [2.45, 2.75) is 45.4 Å². The van der Waals surface area contributed by atoms with Gasteiger partial charge in [-0.1, -0.05) is 26.0 Å². The molecule has 0 aromatic heterocycles. The maximum absolute atomic E-state index is 12.6. The topological polar surface area (TPSA) is 98.5 Å². The second-order valence-electron chi connectivity index (χ2n) is 7.63. The molecule has 0 heterocycles. The van der Waals surface area contributed by atoms with E-state index in [1.54, 1.807) is 0 Å². The smallest absolute Gasteiger partial charge is 0.238 e. The van der Waals surface area contributed by atoms with E-state index in [0.717, 1.165) is 23.3 Å². The van der Waals surface area contributed by atoms with Crippen LogP contribution < -0.4 is 15.2 Å². The Kier molecular flexibility index (Phi) is 6.85. The van der Waals surface area contributed by atoms with Crippen LogP contribution in [0.1, 0.15) is 37.8 Å². The van der Waals surface area contributed by atoms with Gasteiger partial charge in [0.1, 0.15) is 5.75 Å². The fourth-order valence-electron chi connectivity index (χ4n) is 2.70. The summed E-state index contributed by atoms with van der Waals surface area (Å²) in [6.45, 7) is 8.31. The van der Waals surface area contributed by atoms with Gasteiger partial charge in [-0.25, -0.2) is 13.6 Å². The predicted molar refractivity (Wildman–Crippen MR) is 111 cm³/mol. The molecular weight excluding hydrogens is 376 g/mol. The van der Waals surface area contributed by atoms with Crippen LogP contribution in [0, 0.1) is 19.3 Å². The molecule has 0 aliphatic heterocycles. The number of carbonyl (C=O) groups is 1. The van der Waals surface area contributed by atoms with Crippen molar-refractivity contribution < 1.29 is 17.9 Å². The molecule has 2 aromatic rings. The molecule has 0 saturated heterocycles. The highest BCUT2D eigenvalue weighted by molar-refractivity contribution is 7.89. The van der Waals surface area contributed by atoms with Crippen LogP contribution in [0.5, 0.6) is 5.75 Å². The standard InChI is InChI=1S/C21H28N2O4S/c1-15-6-7-16(2)19(14-15)27-13-5-12-21(3,4)20(24)23-17-8-10-18(11-9-17)28(22,25)26/h6-11,14H,5,12-13H2,1-4H3,(H,23,24)(H2,22,25,26). The molecule has 28 heavy (non-hydrogen) atoms. The summed E-state index contributed by atoms with van der Waals surface area (Å²) in [5, 5.41) is 7.90. The first-order valence-corrected chi connectivity index (χ1v) is 10.7. The van der Waals surface area contributed by atoms with Crippen molar-refractivity contribution in [1.29, 1.82) is 0 Å². The van der Waals surface area contributed by atoms with E-state index in [0.29, 0.717) is 18.7 Å². The summed E-state index contributed by atoms with van der Waals surface area (Å²) in [5.41, 5.74) is 2.17. The third kappa shape index (κ3) is 6.07. The fraction of sp³-hybridized carbons (Fsp3) is 0.381. The number of amides is 1. The zero-order valence-corrected chi connectivity index (χ0v) is 17.6. The number of nitrogens with one attached hydrogen (secondary N) is 1. The Morgan fingerprint density at radius 2 is 1.75 bits per heavy atom. The molecule has 0 atom stereocenters. The SMILES string of the molecule is Cc1ccc(C)c(OCCCC(C)(C)C(=O)Nc2ccc(S(N)(=O)=O)cc2)c1. The van der Waals surface area contributed by atoms with E-state index in [-0.39, 0.29) is 10.8 Å². The summed E-state index contributed by atoms with van der Waals surface area (Å²) in [5.74, 6) is 0.736. The average molecular weight is 405 g/mol. The lowest BCUT2D eigenvalue weighted by Gasteiger charge is -2.23. The minimum atomic E-state index is -3.75. The number of primary sulfonamides is 1. The number of anilines is 1. The van der Waals surface area contributed by atoms with Crippen molar-refractivity contribution in [1.82, 2.24) is 0 Å². The quantitative estimate of drug-likeness (QED) is 0.654. The first kappa shape index (κ1) is 21.9. The minimum absolute atomic E-state index is 0.00773. The number of carbonyl (C=O) groups excluding carboxylic acids is 1. The predicted octanol–water partition coefficient (Wildman–Crippen LogP) is 3.77. The molecule has 1 amide bonds. The first-order valence-electron chi connectivity index (χ1n) is 9.13. The summed E-state index contributed by atoms with van der Waals surface area (Å²) < 4.78 is 28.4. The maximum Gasteiger partial charge on any atom is 0.238 e. The lowest BCUT2D eigenvalue weighted by Crippen LogP contribution is -2.31. The molecule has 2 rings (SSSR count). The van der Waals surface area contributed by atoms with Crippen LogP contribution in [0.15, 0.2) is 47.4 Å². The third-order valence-corrected chi connectivity index (χ3v) is 5.53. The van der Waals surface area contributed by atoms with Gasteiger partial charge in [0.2, 0.25) is 15.9 Å². The van der Waals surface area contributed by atoms with Gasteiger partial charge in [0.15, 0.2) is 0 Å². The summed E-state index contributed by atoms with van der Waals surface area (Å²) >= 11 is 0. The van der Waals surface area contributed by atoms with Crippen LogP contribution in [-0.2, 0) is 14.8 Å². The Bertz CT molecular complexity index is 935. The van der Waals surface area contributed by atoms with E-state index in [1.165, 1.54) is 24.3 Å². The Labute approximate surface area is 167 Å². The van der Waals surface area contributed by atoms with E-state index in [4.69, 9.17) is 9.88 Å². The number of benzene rings is 2. The number of nitrogens with two attached hydrogens (primary N) is 1. The Hall–Kier alpha value is -2.38. The Morgan fingerprint density at radius 3 is 2.36 bits per heavy atom. The van der Waals surface area contributed by atoms with Gasteiger partial charge < -0.3 is 10.1 Å². The van der Waals surface area contributed by atoms with Crippen molar-refractivity contribution in [2.24, 2.45) is 10.6 Å². The van der Waals surface area contributed by atoms with E-state index >= 15 is 0 Å². The highest BCUT2D eigenvalue weighted by atomic mass is 32.2. The van der Waals surface area contributed by atoms with Gasteiger partial charge in [-0.15, -0.1) is 0 Å². The largest absolute Gasteiger partial charge is 0.493 e. The molecule has 0 unspecified atom stereocenters. The average Bonchev–Trinajstić information content (AvgIpc) is 2.61. The molecule has 7 heteroatoms. The van der Waals surface area contributed by atoms with Crippen molar-refractivity contribution in [3.8, 4) is 5.75 Å². The molecule has 0 aliphatic rings. The van der Waals surface area contributed by atoms with Gasteiger partial charge in [-0.2, -0.15) is 0 Å². The van der Waals surface area contributed by atoms with Gasteiger partial charge in [-0.05, 0) is 68.1 Å². The fourth-order valence-corrected chi connectivity index (χ4v) is 3.22. The van der Waals surface area contributed by atoms with Gasteiger partial charge in [-0.3, -0.25) is 4.79 Å². The van der Waals surface area contributed by atoms with Crippen molar-refractivity contribution in [2.75, 3.05) is 11.9 Å². The van der Waals surface area contributed by atoms with Crippen LogP contribution >= 0.6 is 0 Å². The molecule has 0 bridgehead atoms. The van der Waals surface area contributed by atoms with Crippen LogP contribution in [0.25, 0.3) is 0 Å². The summed E-state index contributed by atoms with van der Waals surface area (Å²) in [6.07, 6.45) is 1.39. The first-order chi connectivity index (χ1) is 13.0. The summed E-state index contributed by atoms with van der Waals surface area (Å²) in [7, 11) is -3.75. The highest BCUT2D eigenvalue weighted by Gasteiger charge is 2.27. The van der Waals surface area contributed by atoms with Crippen molar-refractivity contribution in [3.63, 3.8) is 0 Å². The molecule has 0 spiro atoms. The summed E-state index contributed by atoms with van der Waals surface area (Å²) in [6, 6.07) is 11.9. The molecule has 152 valence electrons. The van der Waals surface area contributed by atoms with Crippen molar-refractivity contribution >= 4 is 21.6 Å². The normalized spacial score (nSPS) is 11.9. The van der Waals surface area contributed by atoms with E-state index < -0.39 is 15.4 Å². The summed E-state index contributed by atoms with van der Waals surface area (Å²) in [4.78, 5) is 12.6. The Morgan fingerprint density at radius 1 is 1.11 bits per heavy atom. The molecule has 2 aromatic carbocycles. The van der Waals surface area contributed by atoms with Gasteiger partial charge in [0.25, 0.3) is 0 Å². The number of sulfonamides is 1. The minimum Gasteiger partial charge on any atom is -0.493 e. The van der Waals surface area contributed by atoms with E-state index in [2.05, 4.69) is 5.32 Å². The second-order valence-corrected chi connectivity index (χ2v) is 9.19. The van der Waals surface area contributed by atoms with Gasteiger partial charge in [0, 0.05) is 11.1 Å². The molecule has 0 saturated carbocycles. The molecule has 3 N–H and O–H groups in total. The third-order valence-electron chi connectivity index (χ3n) is 4.60. The van der Waals surface area contributed by atoms with Gasteiger partial charge >= 0.3 is 0 Å². The number of hydrogen-bond donors (Lipinski definition) is 2. The Balaban J connectivity index is 1.87. The molecule has 0 radical (unpaired) electrons. The van der Waals surface area contributed by atoms with E-state index in [9.17, 15) is 13.2 Å². The highest BCUT2D eigenvalue weighted by Crippen LogP contribution is 2.26. The van der Waals surface area contributed by atoms with Crippen LogP contribution in [0.2, 0.25) is 0 Å². The molecular formula is C21H28N2O4S. The zero-order chi connectivity index (χ0) is 20.9. The molecule has 0 aliphatic carbocycles. The lowest BCUT2D eigenvalue weighted by molar-refractivity contribution is -0.124. The number of hydrogen-bond acceptors (Lipinski definition) is 4. The van der Waals surface area contributed by atoms with Crippen molar-refractivity contribution in [3.05, 3.63) is 53.6 Å². The number of aryl methyl sites for hydroxylation is 2. The molecule has 0 fully saturated rings. The van der Waals surface area contributed by atoms with Crippen LogP contribution in [-0.4, -0.2) is 20.9 Å². The van der Waals surface area contributed by atoms with Crippen LogP contribution in [0.3, 0.4) is 0 Å². The second kappa shape index (κ2) is 8.75. The number of ether oxygens (including phenoxy) is 1. The number of rotatable bonds is 8. The monoisotopic (exact) mass is 404 g/mol. The van der Waals surface area contributed by atoms with Gasteiger partial charge in [0.05, 0.1) is 11.5 Å². The molecule has 6 nitrogen and oxygen atoms in total.